The fourth-order valence-corrected chi connectivity index (χ4v) is 5.01. The molecule has 5 aromatic rings. The average Bonchev–Trinajstić information content (AvgIpc) is 3.46. The highest BCUT2D eigenvalue weighted by molar-refractivity contribution is 7.91. The molecule has 0 atom stereocenters. The van der Waals surface area contributed by atoms with E-state index >= 15 is 0 Å². The highest BCUT2D eigenvalue weighted by atomic mass is 32.2. The van der Waals surface area contributed by atoms with Crippen LogP contribution in [0.5, 0.6) is 0 Å². The van der Waals surface area contributed by atoms with Gasteiger partial charge in [-0.25, -0.2) is 13.4 Å². The molecular formula is C18H13N5O3S2. The van der Waals surface area contributed by atoms with Crippen LogP contribution < -0.4 is 5.32 Å². The molecule has 0 aliphatic carbocycles. The molecule has 0 fully saturated rings. The van der Waals surface area contributed by atoms with Gasteiger partial charge in [0.2, 0.25) is 14.9 Å². The highest BCUT2D eigenvalue weighted by Gasteiger charge is 2.27. The Bertz CT molecular complexity index is 1370. The van der Waals surface area contributed by atoms with Gasteiger partial charge in [0.1, 0.15) is 11.6 Å². The second-order valence-corrected chi connectivity index (χ2v) is 8.76. The van der Waals surface area contributed by atoms with Crippen molar-refractivity contribution in [2.75, 3.05) is 5.32 Å². The number of sulfone groups is 1. The van der Waals surface area contributed by atoms with E-state index in [9.17, 15) is 8.42 Å². The molecule has 140 valence electrons. The third-order valence-electron chi connectivity index (χ3n) is 4.24. The number of benzene rings is 1. The zero-order chi connectivity index (χ0) is 19.1. The lowest BCUT2D eigenvalue weighted by atomic mass is 10.4. The monoisotopic (exact) mass is 411 g/mol. The first-order chi connectivity index (χ1) is 13.6. The maximum atomic E-state index is 13.1. The van der Waals surface area contributed by atoms with E-state index in [0.29, 0.717) is 12.4 Å². The fourth-order valence-electron chi connectivity index (χ4n) is 2.91. The van der Waals surface area contributed by atoms with Crippen molar-refractivity contribution >= 4 is 42.9 Å². The van der Waals surface area contributed by atoms with Crippen molar-refractivity contribution in [1.29, 1.82) is 0 Å². The number of aromatic nitrogens is 4. The Morgan fingerprint density at radius 1 is 1.11 bits per heavy atom. The zero-order valence-corrected chi connectivity index (χ0v) is 15.9. The van der Waals surface area contributed by atoms with E-state index in [2.05, 4.69) is 20.6 Å². The number of nitrogens with zero attached hydrogens (tertiary/aromatic N) is 4. The van der Waals surface area contributed by atoms with Crippen LogP contribution in [0.15, 0.2) is 74.5 Å². The van der Waals surface area contributed by atoms with E-state index in [4.69, 9.17) is 4.42 Å². The molecule has 0 saturated heterocycles. The zero-order valence-electron chi connectivity index (χ0n) is 14.3. The number of rotatable bonds is 5. The van der Waals surface area contributed by atoms with Gasteiger partial charge in [0.05, 0.1) is 27.9 Å². The van der Waals surface area contributed by atoms with Crippen molar-refractivity contribution in [3.8, 4) is 0 Å². The molecule has 0 amide bonds. The lowest BCUT2D eigenvalue weighted by Crippen LogP contribution is -2.06. The lowest BCUT2D eigenvalue weighted by Gasteiger charge is -2.07. The molecule has 1 N–H and O–H groups in total. The van der Waals surface area contributed by atoms with E-state index in [-0.39, 0.29) is 15.6 Å². The molecule has 0 aliphatic rings. The van der Waals surface area contributed by atoms with Gasteiger partial charge < -0.3 is 9.73 Å². The van der Waals surface area contributed by atoms with Gasteiger partial charge in [-0.05, 0) is 35.7 Å². The molecule has 5 rings (SSSR count). The third kappa shape index (κ3) is 2.65. The molecule has 0 bridgehead atoms. The van der Waals surface area contributed by atoms with Gasteiger partial charge in [0.15, 0.2) is 5.65 Å². The summed E-state index contributed by atoms with van der Waals surface area (Å²) in [5, 5.41) is 12.9. The molecule has 0 aliphatic heterocycles. The van der Waals surface area contributed by atoms with E-state index < -0.39 is 9.84 Å². The van der Waals surface area contributed by atoms with Crippen molar-refractivity contribution in [3.63, 3.8) is 0 Å². The van der Waals surface area contributed by atoms with Crippen LogP contribution in [0.4, 0.5) is 5.82 Å². The quantitative estimate of drug-likeness (QED) is 0.473. The average molecular weight is 411 g/mol. The van der Waals surface area contributed by atoms with Crippen molar-refractivity contribution in [2.45, 2.75) is 16.5 Å². The van der Waals surface area contributed by atoms with Crippen LogP contribution in [0.3, 0.4) is 0 Å². The number of furan rings is 1. The van der Waals surface area contributed by atoms with Crippen LogP contribution in [0.1, 0.15) is 5.76 Å². The minimum atomic E-state index is -3.85. The summed E-state index contributed by atoms with van der Waals surface area (Å²) in [6.07, 6.45) is 1.60. The number of anilines is 1. The summed E-state index contributed by atoms with van der Waals surface area (Å²) < 4.78 is 33.8. The van der Waals surface area contributed by atoms with Gasteiger partial charge in [0.25, 0.3) is 0 Å². The van der Waals surface area contributed by atoms with Gasteiger partial charge in [0, 0.05) is 0 Å². The van der Waals surface area contributed by atoms with Crippen LogP contribution in [0.2, 0.25) is 0 Å². The molecule has 0 saturated carbocycles. The maximum absolute atomic E-state index is 13.1. The molecule has 4 aromatic heterocycles. The minimum Gasteiger partial charge on any atom is -0.467 e. The van der Waals surface area contributed by atoms with Crippen molar-refractivity contribution < 1.29 is 12.8 Å². The SMILES string of the molecule is O=S(=O)(c1ccccc1)c1nnn2c1nc(NCc1ccco1)c1sccc12. The maximum Gasteiger partial charge on any atom is 0.229 e. The van der Waals surface area contributed by atoms with Gasteiger partial charge in [-0.3, -0.25) is 0 Å². The molecule has 28 heavy (non-hydrogen) atoms. The van der Waals surface area contributed by atoms with Crippen LogP contribution in [0.25, 0.3) is 15.9 Å². The normalized spacial score (nSPS) is 12.0. The van der Waals surface area contributed by atoms with Gasteiger partial charge in [-0.1, -0.05) is 23.4 Å². The first-order valence-electron chi connectivity index (χ1n) is 8.33. The molecule has 8 nitrogen and oxygen atoms in total. The molecule has 1 aromatic carbocycles. The molecular weight excluding hydrogens is 398 g/mol. The Morgan fingerprint density at radius 2 is 1.96 bits per heavy atom. The fraction of sp³-hybridized carbons (Fsp3) is 0.0556. The minimum absolute atomic E-state index is 0.148. The van der Waals surface area contributed by atoms with E-state index in [1.54, 1.807) is 30.5 Å². The first-order valence-corrected chi connectivity index (χ1v) is 10.7. The topological polar surface area (TPSA) is 102 Å². The molecule has 0 unspecified atom stereocenters. The summed E-state index contributed by atoms with van der Waals surface area (Å²) in [7, 11) is -3.85. The second kappa shape index (κ2) is 6.43. The van der Waals surface area contributed by atoms with Gasteiger partial charge in [-0.15, -0.1) is 16.4 Å². The first kappa shape index (κ1) is 16.9. The molecule has 0 radical (unpaired) electrons. The lowest BCUT2D eigenvalue weighted by molar-refractivity contribution is 0.518. The van der Waals surface area contributed by atoms with E-state index in [1.807, 2.05) is 17.5 Å². The Labute approximate surface area is 163 Å². The summed E-state index contributed by atoms with van der Waals surface area (Å²) in [6, 6.07) is 13.7. The predicted octanol–water partition coefficient (Wildman–Crippen LogP) is 3.38. The summed E-state index contributed by atoms with van der Waals surface area (Å²) in [5.41, 5.74) is 0.913. The smallest absolute Gasteiger partial charge is 0.229 e. The Kier molecular flexibility index (Phi) is 3.88. The molecule has 0 spiro atoms. The number of thiophene rings is 1. The molecule has 10 heteroatoms. The number of hydrogen-bond donors (Lipinski definition) is 1. The van der Waals surface area contributed by atoms with Crippen LogP contribution in [0, 0.1) is 0 Å². The number of nitrogens with one attached hydrogen (secondary N) is 1. The van der Waals surface area contributed by atoms with Gasteiger partial charge >= 0.3 is 0 Å². The van der Waals surface area contributed by atoms with Gasteiger partial charge in [-0.2, -0.15) is 4.52 Å². The largest absolute Gasteiger partial charge is 0.467 e. The Morgan fingerprint density at radius 3 is 2.75 bits per heavy atom. The molecule has 4 heterocycles. The van der Waals surface area contributed by atoms with Crippen LogP contribution in [-0.2, 0) is 16.4 Å². The number of hydrogen-bond acceptors (Lipinski definition) is 8. The van der Waals surface area contributed by atoms with E-state index in [1.165, 1.54) is 28.0 Å². The summed E-state index contributed by atoms with van der Waals surface area (Å²) >= 11 is 1.49. The Hall–Kier alpha value is -3.24. The third-order valence-corrected chi connectivity index (χ3v) is 6.82. The van der Waals surface area contributed by atoms with Crippen molar-refractivity contribution in [2.24, 2.45) is 0 Å². The summed E-state index contributed by atoms with van der Waals surface area (Å²) in [5.74, 6) is 1.30. The summed E-state index contributed by atoms with van der Waals surface area (Å²) in [4.78, 5) is 4.69. The van der Waals surface area contributed by atoms with Crippen molar-refractivity contribution in [1.82, 2.24) is 19.8 Å². The number of fused-ring (bicyclic) bond motifs is 3. The Balaban J connectivity index is 1.67. The van der Waals surface area contributed by atoms with Crippen LogP contribution >= 0.6 is 11.3 Å². The highest BCUT2D eigenvalue weighted by Crippen LogP contribution is 2.31. The second-order valence-electron chi connectivity index (χ2n) is 5.97. The standard InChI is InChI=1S/C18H13N5O3S2/c24-28(25,13-6-2-1-3-7-13)18-17-20-16(19-11-12-5-4-9-26-12)15-14(8-10-27-15)23(17)22-21-18/h1-10H,11H2,(H,19,20). The predicted molar refractivity (Wildman–Crippen MR) is 104 cm³/mol. The van der Waals surface area contributed by atoms with Crippen LogP contribution in [-0.4, -0.2) is 28.2 Å². The van der Waals surface area contributed by atoms with Crippen molar-refractivity contribution in [3.05, 3.63) is 65.9 Å². The van der Waals surface area contributed by atoms with E-state index in [0.717, 1.165) is 16.0 Å². The summed E-state index contributed by atoms with van der Waals surface area (Å²) in [6.45, 7) is 0.422.